The van der Waals surface area contributed by atoms with Crippen LogP contribution in [0.5, 0.6) is 5.75 Å². The third-order valence-corrected chi connectivity index (χ3v) is 13.6. The van der Waals surface area contributed by atoms with Gasteiger partial charge in [0.15, 0.2) is 0 Å². The smallest absolute Gasteiger partial charge is 0.255 e. The first-order chi connectivity index (χ1) is 31.0. The van der Waals surface area contributed by atoms with Gasteiger partial charge in [-0.05, 0) is 89.9 Å². The molecule has 2 fully saturated rings. The summed E-state index contributed by atoms with van der Waals surface area (Å²) in [5.74, 6) is 3.68. The van der Waals surface area contributed by atoms with Crippen LogP contribution in [0.1, 0.15) is 102 Å². The number of amides is 5. The molecule has 65 heavy (non-hydrogen) atoms. The second kappa shape index (κ2) is 18.1. The molecule has 4 N–H and O–H groups in total. The predicted molar refractivity (Wildman–Crippen MR) is 248 cm³/mol. The number of fused-ring (bicyclic) bond motifs is 3. The molecule has 338 valence electrons. The molecule has 15 heteroatoms. The first-order valence-corrected chi connectivity index (χ1v) is 22.5. The Bertz CT molecular complexity index is 2680. The van der Waals surface area contributed by atoms with E-state index < -0.39 is 35.1 Å². The Morgan fingerprint density at radius 1 is 1.03 bits per heavy atom. The van der Waals surface area contributed by atoms with Gasteiger partial charge in [0, 0.05) is 84.3 Å². The summed E-state index contributed by atoms with van der Waals surface area (Å²) < 4.78 is 21.9. The van der Waals surface area contributed by atoms with Crippen molar-refractivity contribution >= 4 is 64.1 Å². The zero-order chi connectivity index (χ0) is 46.4. The van der Waals surface area contributed by atoms with Crippen LogP contribution in [0, 0.1) is 23.1 Å². The summed E-state index contributed by atoms with van der Waals surface area (Å²) in [5.41, 5.74) is 3.79. The number of halogens is 3. The molecule has 1 spiro atoms. The number of methoxy groups -OCH3 is 1. The SMILES string of the molecule is COc1cc(C(=O)NCCCC#Cc2cccc3c2CN(C2CCC(=O)N(C)C2=O)C3=O)ccc1NC(=O)[C@@H]1N[C@@H](CC(C)(C)C)[C@@]2(CNc3cc(Cl)ccc32)[C@H]1c1cccc(Cl)c1F. The Morgan fingerprint density at radius 2 is 1.82 bits per heavy atom. The predicted octanol–water partition coefficient (Wildman–Crippen LogP) is 7.67. The zero-order valence-corrected chi connectivity index (χ0v) is 38.4. The van der Waals surface area contributed by atoms with Crippen LogP contribution in [0.4, 0.5) is 15.8 Å². The number of likely N-dealkylation sites (tertiary alicyclic amines) is 1. The highest BCUT2D eigenvalue weighted by Gasteiger charge is 2.61. The molecule has 1 unspecified atom stereocenters. The number of rotatable bonds is 10. The molecule has 4 aromatic carbocycles. The number of hydrogen-bond acceptors (Lipinski definition) is 8. The molecule has 0 aromatic heterocycles. The third-order valence-electron chi connectivity index (χ3n) is 13.1. The average molecular weight is 922 g/mol. The van der Waals surface area contributed by atoms with Crippen molar-refractivity contribution in [3.05, 3.63) is 122 Å². The molecule has 0 radical (unpaired) electrons. The first-order valence-electron chi connectivity index (χ1n) is 21.8. The Labute approximate surface area is 387 Å². The summed E-state index contributed by atoms with van der Waals surface area (Å²) in [7, 11) is 2.90. The molecule has 4 aliphatic rings. The maximum atomic E-state index is 16.2. The van der Waals surface area contributed by atoms with E-state index in [1.807, 2.05) is 24.3 Å². The quantitative estimate of drug-likeness (QED) is 0.0720. The number of nitrogens with one attached hydrogen (secondary N) is 4. The van der Waals surface area contributed by atoms with Gasteiger partial charge in [-0.1, -0.05) is 80.1 Å². The first kappa shape index (κ1) is 45.6. The molecule has 0 saturated carbocycles. The van der Waals surface area contributed by atoms with Crippen LogP contribution in [0.25, 0.3) is 0 Å². The molecule has 12 nitrogen and oxygen atoms in total. The van der Waals surface area contributed by atoms with Gasteiger partial charge in [-0.25, -0.2) is 4.39 Å². The fourth-order valence-corrected chi connectivity index (χ4v) is 10.3. The average Bonchev–Trinajstić information content (AvgIpc) is 3.92. The van der Waals surface area contributed by atoms with E-state index in [1.165, 1.54) is 25.1 Å². The Kier molecular flexibility index (Phi) is 12.7. The van der Waals surface area contributed by atoms with E-state index in [2.05, 4.69) is 53.9 Å². The molecule has 4 aliphatic heterocycles. The lowest BCUT2D eigenvalue weighted by Crippen LogP contribution is -2.53. The minimum absolute atomic E-state index is 0.0347. The maximum absolute atomic E-state index is 16.2. The van der Waals surface area contributed by atoms with Crippen LogP contribution in [0.3, 0.4) is 0 Å². The summed E-state index contributed by atoms with van der Waals surface area (Å²) in [6, 6.07) is 18.8. The van der Waals surface area contributed by atoms with E-state index in [9.17, 15) is 24.0 Å². The van der Waals surface area contributed by atoms with Gasteiger partial charge in [-0.3, -0.25) is 28.9 Å². The van der Waals surface area contributed by atoms with E-state index in [0.29, 0.717) is 71.7 Å². The van der Waals surface area contributed by atoms with Gasteiger partial charge in [-0.2, -0.15) is 0 Å². The maximum Gasteiger partial charge on any atom is 0.255 e. The number of carbonyl (C=O) groups is 5. The summed E-state index contributed by atoms with van der Waals surface area (Å²) >= 11 is 12.8. The van der Waals surface area contributed by atoms with Crippen LogP contribution < -0.4 is 26.0 Å². The summed E-state index contributed by atoms with van der Waals surface area (Å²) in [5, 5.41) is 13.6. The molecular formula is C50H51Cl2FN6O6. The summed E-state index contributed by atoms with van der Waals surface area (Å²) in [4.78, 5) is 68.7. The number of carbonyl (C=O) groups excluding carboxylic acids is 5. The number of nitrogens with zero attached hydrogens (tertiary/aromatic N) is 2. The van der Waals surface area contributed by atoms with E-state index >= 15 is 4.39 Å². The Morgan fingerprint density at radius 3 is 2.58 bits per heavy atom. The largest absolute Gasteiger partial charge is 0.495 e. The molecule has 0 bridgehead atoms. The van der Waals surface area contributed by atoms with Gasteiger partial charge in [0.1, 0.15) is 17.6 Å². The van der Waals surface area contributed by atoms with Crippen LogP contribution in [-0.4, -0.2) is 84.7 Å². The van der Waals surface area contributed by atoms with E-state index in [4.69, 9.17) is 27.9 Å². The molecular weight excluding hydrogens is 870 g/mol. The molecule has 4 heterocycles. The van der Waals surface area contributed by atoms with Crippen molar-refractivity contribution in [3.63, 3.8) is 0 Å². The highest BCUT2D eigenvalue weighted by Crippen LogP contribution is 2.56. The molecule has 5 atom stereocenters. The molecule has 4 aromatic rings. The van der Waals surface area contributed by atoms with Crippen LogP contribution in [0.15, 0.2) is 72.8 Å². The monoisotopic (exact) mass is 920 g/mol. The van der Waals surface area contributed by atoms with Gasteiger partial charge in [-0.15, -0.1) is 0 Å². The zero-order valence-electron chi connectivity index (χ0n) is 36.9. The second-order valence-corrected chi connectivity index (χ2v) is 19.2. The van der Waals surface area contributed by atoms with Crippen molar-refractivity contribution in [2.75, 3.05) is 37.9 Å². The molecule has 8 rings (SSSR count). The van der Waals surface area contributed by atoms with Crippen molar-refractivity contribution in [2.45, 2.75) is 88.9 Å². The summed E-state index contributed by atoms with van der Waals surface area (Å²) in [6.45, 7) is 7.41. The topological polar surface area (TPSA) is 149 Å². The number of unbranched alkanes of at least 4 members (excludes halogenated alkanes) is 1. The van der Waals surface area contributed by atoms with Crippen molar-refractivity contribution in [1.29, 1.82) is 0 Å². The second-order valence-electron chi connectivity index (χ2n) is 18.3. The normalized spacial score (nSPS) is 22.3. The van der Waals surface area contributed by atoms with Gasteiger partial charge in [0.2, 0.25) is 11.8 Å². The number of piperidine rings is 1. The van der Waals surface area contributed by atoms with Gasteiger partial charge < -0.3 is 30.9 Å². The standard InChI is InChI=1S/C50H51Cl2FN6O6/c1-49(2,3)25-40-50(27-55-37-24-30(51)17-18-34(37)50)42(32-14-10-15-35(52)43(32)53)44(57-40)46(62)56-36-19-16-29(23-39(36)65-5)45(61)54-22-8-6-7-11-28-12-9-13-31-33(28)26-59(47(31)63)38-20-21-41(60)58(4)48(38)64/h9-10,12-19,23-24,38,40,42,44,55,57H,6,8,20-22,25-27H2,1-5H3,(H,54,61)(H,56,62)/t38?,40-,42-,44+,50-/m0/s1. The number of benzene rings is 4. The molecule has 0 aliphatic carbocycles. The molecule has 2 saturated heterocycles. The fourth-order valence-electron chi connectivity index (χ4n) is 9.96. The van der Waals surface area contributed by atoms with E-state index in [1.54, 1.807) is 42.5 Å². The lowest BCUT2D eigenvalue weighted by molar-refractivity contribution is -0.150. The lowest BCUT2D eigenvalue weighted by Gasteiger charge is -2.39. The Hall–Kier alpha value is -5.94. The Balaban J connectivity index is 0.939. The van der Waals surface area contributed by atoms with Crippen LogP contribution >= 0.6 is 23.2 Å². The van der Waals surface area contributed by atoms with Gasteiger partial charge in [0.05, 0.1) is 23.9 Å². The number of anilines is 2. The minimum Gasteiger partial charge on any atom is -0.495 e. The number of likely N-dealkylation sites (N-methyl/N-ethyl adjacent to an activating group) is 1. The summed E-state index contributed by atoms with van der Waals surface area (Å²) in [6.07, 6.45) is 2.18. The minimum atomic E-state index is -0.905. The number of hydrogen-bond donors (Lipinski definition) is 4. The van der Waals surface area contributed by atoms with Crippen LogP contribution in [-0.2, 0) is 26.3 Å². The number of ether oxygens (including phenoxy) is 1. The van der Waals surface area contributed by atoms with Crippen molar-refractivity contribution in [3.8, 4) is 17.6 Å². The molecule has 5 amide bonds. The van der Waals surface area contributed by atoms with Crippen molar-refractivity contribution in [1.82, 2.24) is 20.4 Å². The van der Waals surface area contributed by atoms with Crippen LogP contribution in [0.2, 0.25) is 10.0 Å². The van der Waals surface area contributed by atoms with Gasteiger partial charge >= 0.3 is 0 Å². The number of imide groups is 1. The highest BCUT2D eigenvalue weighted by molar-refractivity contribution is 6.31. The highest BCUT2D eigenvalue weighted by atomic mass is 35.5. The van der Waals surface area contributed by atoms with Crippen molar-refractivity contribution in [2.24, 2.45) is 5.41 Å². The van der Waals surface area contributed by atoms with Crippen molar-refractivity contribution < 1.29 is 33.1 Å². The van der Waals surface area contributed by atoms with E-state index in [0.717, 1.165) is 21.7 Å². The third kappa shape index (κ3) is 8.67. The van der Waals surface area contributed by atoms with E-state index in [-0.39, 0.29) is 58.8 Å². The van der Waals surface area contributed by atoms with Gasteiger partial charge in [0.25, 0.3) is 17.7 Å². The lowest BCUT2D eigenvalue weighted by atomic mass is 9.63. The fraction of sp³-hybridized carbons (Fsp3) is 0.380.